The number of carboxylic acid groups (broad SMARTS) is 1. The first-order chi connectivity index (χ1) is 20.6. The smallest absolute Gasteiger partial charge is 0.322 e. The lowest BCUT2D eigenvalue weighted by molar-refractivity contribution is -0.135. The SMILES string of the molecule is COC[C@@H](O)Cc1cc2ccc1N1CCC(CC1)C2(C1C2=CC=C1C=C2)C(C)c1nc(C)c(O)c(C(=O)NCC(=O)O)n1. The summed E-state index contributed by atoms with van der Waals surface area (Å²) in [5, 5.41) is 33.0. The van der Waals surface area contributed by atoms with Crippen LogP contribution in [-0.2, 0) is 21.4 Å². The molecule has 0 spiro atoms. The van der Waals surface area contributed by atoms with Crippen LogP contribution in [0.2, 0.25) is 0 Å². The van der Waals surface area contributed by atoms with Gasteiger partial charge in [0.05, 0.1) is 18.4 Å². The molecule has 2 aliphatic carbocycles. The number of benzene rings is 1. The second-order valence-electron chi connectivity index (χ2n) is 12.1. The van der Waals surface area contributed by atoms with Gasteiger partial charge in [-0.2, -0.15) is 0 Å². The monoisotopic (exact) mass is 586 g/mol. The van der Waals surface area contributed by atoms with Crippen LogP contribution in [0, 0.1) is 18.8 Å². The number of nitrogens with zero attached hydrogens (tertiary/aromatic N) is 3. The first kappa shape index (κ1) is 29.1. The van der Waals surface area contributed by atoms with E-state index in [9.17, 15) is 19.8 Å². The summed E-state index contributed by atoms with van der Waals surface area (Å²) in [4.78, 5) is 35.9. The molecule has 2 aromatic rings. The lowest BCUT2D eigenvalue weighted by Gasteiger charge is -2.51. The van der Waals surface area contributed by atoms with Gasteiger partial charge in [-0.1, -0.05) is 43.4 Å². The number of allylic oxidation sites excluding steroid dienone is 6. The number of aryl methyl sites for hydroxylation is 1. The molecule has 4 N–H and O–H groups in total. The second kappa shape index (κ2) is 11.2. The van der Waals surface area contributed by atoms with E-state index in [1.807, 2.05) is 0 Å². The molecule has 1 aromatic heterocycles. The van der Waals surface area contributed by atoms with Gasteiger partial charge < -0.3 is 30.3 Å². The van der Waals surface area contributed by atoms with Gasteiger partial charge in [-0.3, -0.25) is 9.59 Å². The predicted molar refractivity (Wildman–Crippen MR) is 160 cm³/mol. The van der Waals surface area contributed by atoms with Gasteiger partial charge in [-0.15, -0.1) is 0 Å². The van der Waals surface area contributed by atoms with E-state index >= 15 is 0 Å². The van der Waals surface area contributed by atoms with Gasteiger partial charge in [0.25, 0.3) is 5.91 Å². The molecule has 9 rings (SSSR count). The molecule has 3 atom stereocenters. The number of fused-ring (bicyclic) bond motifs is 2. The number of aromatic hydroxyl groups is 1. The number of hydrogen-bond donors (Lipinski definition) is 4. The third-order valence-electron chi connectivity index (χ3n) is 9.78. The lowest BCUT2D eigenvalue weighted by Crippen LogP contribution is -2.50. The summed E-state index contributed by atoms with van der Waals surface area (Å²) >= 11 is 0. The van der Waals surface area contributed by atoms with E-state index in [0.29, 0.717) is 12.2 Å². The summed E-state index contributed by atoms with van der Waals surface area (Å²) in [6.07, 6.45) is 10.4. The number of aliphatic carboxylic acids is 1. The molecule has 43 heavy (non-hydrogen) atoms. The summed E-state index contributed by atoms with van der Waals surface area (Å²) in [5.74, 6) is -1.90. The fraction of sp³-hybridized carbons (Fsp3) is 0.455. The Balaban J connectivity index is 1.54. The Morgan fingerprint density at radius 2 is 1.86 bits per heavy atom. The molecule has 10 heteroatoms. The van der Waals surface area contributed by atoms with Gasteiger partial charge in [0.1, 0.15) is 12.4 Å². The third-order valence-corrected chi connectivity index (χ3v) is 9.78. The lowest BCUT2D eigenvalue weighted by atomic mass is 9.52. The number of hydrogen-bond acceptors (Lipinski definition) is 8. The summed E-state index contributed by atoms with van der Waals surface area (Å²) in [6.45, 7) is 5.15. The van der Waals surface area contributed by atoms with Gasteiger partial charge in [0.2, 0.25) is 0 Å². The number of anilines is 1. The minimum Gasteiger partial charge on any atom is -0.504 e. The van der Waals surface area contributed by atoms with Gasteiger partial charge in [0, 0.05) is 49.6 Å². The fourth-order valence-corrected chi connectivity index (χ4v) is 7.94. The molecule has 6 heterocycles. The van der Waals surface area contributed by atoms with Crippen LogP contribution in [0.3, 0.4) is 0 Å². The number of aliphatic hydroxyl groups excluding tert-OH is 1. The number of rotatable bonds is 10. The molecule has 5 aliphatic heterocycles. The van der Waals surface area contributed by atoms with Crippen LogP contribution in [0.1, 0.15) is 58.8 Å². The van der Waals surface area contributed by atoms with Crippen LogP contribution in [0.4, 0.5) is 5.69 Å². The zero-order valence-corrected chi connectivity index (χ0v) is 24.7. The Kier molecular flexibility index (Phi) is 7.60. The summed E-state index contributed by atoms with van der Waals surface area (Å²) in [7, 11) is 1.59. The van der Waals surface area contributed by atoms with Crippen molar-refractivity contribution >= 4 is 17.6 Å². The van der Waals surface area contributed by atoms with E-state index in [1.165, 1.54) is 11.1 Å². The molecular formula is C33H38N4O6. The largest absolute Gasteiger partial charge is 0.504 e. The van der Waals surface area contributed by atoms with Crippen molar-refractivity contribution < 1.29 is 29.6 Å². The Hall–Kier alpha value is -4.02. The van der Waals surface area contributed by atoms with Crippen molar-refractivity contribution in [2.24, 2.45) is 11.8 Å². The van der Waals surface area contributed by atoms with Crippen LogP contribution in [0.15, 0.2) is 53.6 Å². The standard InChI is InChI=1S/C33H38N4O6/c1-18(31-35-19(2)30(41)29(36-31)32(42)34-16-27(39)40)33(28-20-4-5-21(28)7-6-20)23-10-12-37(13-11-23)26-9-8-24(33)14-22(26)15-25(38)17-43-3/h4-9,14,18,23,25,28,38,41H,10-13,15-17H2,1-3H3,(H,34,42)(H,39,40)/t18?,25-,33?/m0/s1. The van der Waals surface area contributed by atoms with E-state index < -0.39 is 29.9 Å². The molecule has 7 aliphatic rings. The molecule has 1 aromatic carbocycles. The Labute approximate surface area is 250 Å². The summed E-state index contributed by atoms with van der Waals surface area (Å²) in [5.41, 5.74) is 5.32. The number of ether oxygens (including phenoxy) is 1. The number of amides is 1. The highest BCUT2D eigenvalue weighted by atomic mass is 16.5. The maximum Gasteiger partial charge on any atom is 0.322 e. The van der Waals surface area contributed by atoms with E-state index in [4.69, 9.17) is 14.8 Å². The zero-order valence-electron chi connectivity index (χ0n) is 24.7. The summed E-state index contributed by atoms with van der Waals surface area (Å²) in [6, 6.07) is 6.63. The zero-order chi connectivity index (χ0) is 30.5. The van der Waals surface area contributed by atoms with Crippen LogP contribution in [0.5, 0.6) is 5.75 Å². The van der Waals surface area contributed by atoms with E-state index in [0.717, 1.165) is 42.7 Å². The topological polar surface area (TPSA) is 145 Å². The maximum absolute atomic E-state index is 13.0. The maximum atomic E-state index is 13.0. The number of carbonyl (C=O) groups is 2. The number of methoxy groups -OCH3 is 1. The second-order valence-corrected chi connectivity index (χ2v) is 12.1. The van der Waals surface area contributed by atoms with Crippen molar-refractivity contribution in [3.05, 3.63) is 82.0 Å². The number of nitrogens with one attached hydrogen (secondary N) is 1. The van der Waals surface area contributed by atoms with Crippen molar-refractivity contribution in [2.75, 3.05) is 38.3 Å². The first-order valence-electron chi connectivity index (χ1n) is 14.9. The molecule has 2 unspecified atom stereocenters. The number of aliphatic hydroxyl groups is 1. The molecule has 0 saturated carbocycles. The molecule has 0 radical (unpaired) electrons. The van der Waals surface area contributed by atoms with Crippen molar-refractivity contribution in [2.45, 2.75) is 50.5 Å². The number of aromatic nitrogens is 2. The quantitative estimate of drug-likeness (QED) is 0.330. The molecule has 1 saturated heterocycles. The molecule has 1 fully saturated rings. The normalized spacial score (nSPS) is 23.4. The average molecular weight is 587 g/mol. The number of carboxylic acids is 1. The van der Waals surface area contributed by atoms with Crippen LogP contribution in [0.25, 0.3) is 0 Å². The van der Waals surface area contributed by atoms with Crippen LogP contribution < -0.4 is 10.2 Å². The Bertz CT molecular complexity index is 1530. The first-order valence-corrected chi connectivity index (χ1v) is 14.9. The van der Waals surface area contributed by atoms with E-state index in [-0.39, 0.29) is 41.5 Å². The van der Waals surface area contributed by atoms with E-state index in [1.54, 1.807) is 14.0 Å². The molecule has 1 amide bonds. The Morgan fingerprint density at radius 1 is 1.16 bits per heavy atom. The average Bonchev–Trinajstić information content (AvgIpc) is 3.62. The Morgan fingerprint density at radius 3 is 2.49 bits per heavy atom. The van der Waals surface area contributed by atoms with Crippen molar-refractivity contribution in [3.63, 3.8) is 0 Å². The highest BCUT2D eigenvalue weighted by molar-refractivity contribution is 5.96. The van der Waals surface area contributed by atoms with Gasteiger partial charge >= 0.3 is 5.97 Å². The van der Waals surface area contributed by atoms with Gasteiger partial charge in [-0.05, 0) is 54.0 Å². The predicted octanol–water partition coefficient (Wildman–Crippen LogP) is 3.18. The van der Waals surface area contributed by atoms with Gasteiger partial charge in [0.15, 0.2) is 11.4 Å². The molecule has 6 bridgehead atoms. The van der Waals surface area contributed by atoms with Crippen molar-refractivity contribution in [1.29, 1.82) is 0 Å². The number of carbonyl (C=O) groups excluding carboxylic acids is 1. The van der Waals surface area contributed by atoms with Crippen molar-refractivity contribution in [3.8, 4) is 5.75 Å². The molecule has 226 valence electrons. The highest BCUT2D eigenvalue weighted by Crippen LogP contribution is 2.61. The highest BCUT2D eigenvalue weighted by Gasteiger charge is 2.56. The van der Waals surface area contributed by atoms with Crippen molar-refractivity contribution in [1.82, 2.24) is 15.3 Å². The molecular weight excluding hydrogens is 548 g/mol. The number of piperidine rings is 1. The molecule has 10 nitrogen and oxygen atoms in total. The van der Waals surface area contributed by atoms with Gasteiger partial charge in [-0.25, -0.2) is 9.97 Å². The minimum absolute atomic E-state index is 0.0433. The van der Waals surface area contributed by atoms with E-state index in [2.05, 4.69) is 64.6 Å². The van der Waals surface area contributed by atoms with Crippen LogP contribution in [-0.4, -0.2) is 76.6 Å². The third kappa shape index (κ3) is 4.82. The minimum atomic E-state index is -1.19. The summed E-state index contributed by atoms with van der Waals surface area (Å²) < 4.78 is 5.25. The fourth-order valence-electron chi connectivity index (χ4n) is 7.94. The van der Waals surface area contributed by atoms with Crippen LogP contribution >= 0.6 is 0 Å².